The second-order valence-corrected chi connectivity index (χ2v) is 8.01. The molecule has 0 aliphatic carbocycles. The number of non-ortho nitro benzene ring substituents is 1. The van der Waals surface area contributed by atoms with E-state index in [1.807, 2.05) is 60.7 Å². The van der Waals surface area contributed by atoms with E-state index in [1.54, 1.807) is 18.2 Å². The van der Waals surface area contributed by atoms with Crippen LogP contribution in [0.15, 0.2) is 89.4 Å². The normalized spacial score (nSPS) is 11.2. The number of nitrogens with zero attached hydrogens (tertiary/aromatic N) is 2. The standard InChI is InChI=1S/C26H17BrN2O3/c27-22-11-8-18(9-12-22)17-32-26-13-10-19-4-1-2-7-24(19)25(26)15-21(16-28)20-5-3-6-23(14-20)29(30)31/h1-15H,17H2. The van der Waals surface area contributed by atoms with Crippen molar-refractivity contribution in [3.63, 3.8) is 0 Å². The van der Waals surface area contributed by atoms with E-state index in [4.69, 9.17) is 4.74 Å². The van der Waals surface area contributed by atoms with E-state index >= 15 is 0 Å². The Kier molecular flexibility index (Phi) is 6.29. The highest BCUT2D eigenvalue weighted by Gasteiger charge is 2.12. The number of hydrogen-bond donors (Lipinski definition) is 0. The van der Waals surface area contributed by atoms with E-state index in [1.165, 1.54) is 12.1 Å². The van der Waals surface area contributed by atoms with E-state index in [9.17, 15) is 15.4 Å². The van der Waals surface area contributed by atoms with Crippen LogP contribution in [0, 0.1) is 21.4 Å². The minimum atomic E-state index is -0.469. The monoisotopic (exact) mass is 484 g/mol. The minimum Gasteiger partial charge on any atom is -0.488 e. The largest absolute Gasteiger partial charge is 0.488 e. The first kappa shape index (κ1) is 21.3. The van der Waals surface area contributed by atoms with Crippen molar-refractivity contribution < 1.29 is 9.66 Å². The molecule has 0 bridgehead atoms. The molecule has 0 unspecified atom stereocenters. The van der Waals surface area contributed by atoms with E-state index in [2.05, 4.69) is 22.0 Å². The van der Waals surface area contributed by atoms with Crippen molar-refractivity contribution >= 4 is 44.0 Å². The molecule has 0 aliphatic rings. The topological polar surface area (TPSA) is 76.2 Å². The fourth-order valence-electron chi connectivity index (χ4n) is 3.40. The fourth-order valence-corrected chi connectivity index (χ4v) is 3.67. The van der Waals surface area contributed by atoms with Gasteiger partial charge < -0.3 is 4.74 Å². The molecule has 0 aromatic heterocycles. The highest BCUT2D eigenvalue weighted by Crippen LogP contribution is 2.33. The third-order valence-electron chi connectivity index (χ3n) is 5.02. The maximum absolute atomic E-state index is 11.2. The second kappa shape index (κ2) is 9.46. The first-order valence-corrected chi connectivity index (χ1v) is 10.6. The SMILES string of the molecule is N#CC(=Cc1c(OCc2ccc(Br)cc2)ccc2ccccc12)c1cccc([N+](=O)[O-])c1. The highest BCUT2D eigenvalue weighted by molar-refractivity contribution is 9.10. The molecule has 4 aromatic rings. The molecule has 0 N–H and O–H groups in total. The van der Waals surface area contributed by atoms with Crippen molar-refractivity contribution in [3.05, 3.63) is 116 Å². The molecule has 156 valence electrons. The molecule has 0 fully saturated rings. The Balaban J connectivity index is 1.79. The van der Waals surface area contributed by atoms with Crippen LogP contribution in [-0.4, -0.2) is 4.92 Å². The van der Waals surface area contributed by atoms with Gasteiger partial charge in [-0.15, -0.1) is 0 Å². The zero-order valence-electron chi connectivity index (χ0n) is 16.9. The van der Waals surface area contributed by atoms with Crippen LogP contribution in [0.25, 0.3) is 22.4 Å². The third kappa shape index (κ3) is 4.69. The number of nitro benzene ring substituents is 1. The van der Waals surface area contributed by atoms with Gasteiger partial charge in [0.25, 0.3) is 5.69 Å². The number of hydrogen-bond acceptors (Lipinski definition) is 4. The summed E-state index contributed by atoms with van der Waals surface area (Å²) < 4.78 is 7.13. The van der Waals surface area contributed by atoms with Crippen LogP contribution in [0.4, 0.5) is 5.69 Å². The summed E-state index contributed by atoms with van der Waals surface area (Å²) in [6.07, 6.45) is 1.73. The molecule has 0 radical (unpaired) electrons. The van der Waals surface area contributed by atoms with Crippen LogP contribution in [0.5, 0.6) is 5.75 Å². The quantitative estimate of drug-likeness (QED) is 0.126. The Morgan fingerprint density at radius 3 is 2.56 bits per heavy atom. The predicted molar refractivity (Wildman–Crippen MR) is 129 cm³/mol. The van der Waals surface area contributed by atoms with Crippen molar-refractivity contribution in [1.29, 1.82) is 5.26 Å². The zero-order chi connectivity index (χ0) is 22.5. The summed E-state index contributed by atoms with van der Waals surface area (Å²) in [4.78, 5) is 10.7. The Hall–Kier alpha value is -3.95. The number of ether oxygens (including phenoxy) is 1. The van der Waals surface area contributed by atoms with Gasteiger partial charge in [-0.2, -0.15) is 5.26 Å². The van der Waals surface area contributed by atoms with Crippen molar-refractivity contribution in [1.82, 2.24) is 0 Å². The van der Waals surface area contributed by atoms with Gasteiger partial charge in [0.15, 0.2) is 0 Å². The van der Waals surface area contributed by atoms with Gasteiger partial charge in [0.1, 0.15) is 12.4 Å². The molecule has 0 spiro atoms. The summed E-state index contributed by atoms with van der Waals surface area (Å²) >= 11 is 3.43. The number of allylic oxidation sites excluding steroid dienone is 1. The Bertz CT molecular complexity index is 1370. The summed E-state index contributed by atoms with van der Waals surface area (Å²) in [5, 5.41) is 22.9. The summed E-state index contributed by atoms with van der Waals surface area (Å²) in [6, 6.07) is 27.8. The third-order valence-corrected chi connectivity index (χ3v) is 5.54. The summed E-state index contributed by atoms with van der Waals surface area (Å²) in [5.41, 5.74) is 2.50. The molecule has 5 nitrogen and oxygen atoms in total. The Morgan fingerprint density at radius 1 is 1.03 bits per heavy atom. The molecule has 4 aromatic carbocycles. The molecule has 6 heteroatoms. The van der Waals surface area contributed by atoms with Crippen LogP contribution < -0.4 is 4.74 Å². The molecule has 0 saturated carbocycles. The second-order valence-electron chi connectivity index (χ2n) is 7.09. The maximum atomic E-state index is 11.2. The van der Waals surface area contributed by atoms with Crippen molar-refractivity contribution in [3.8, 4) is 11.8 Å². The highest BCUT2D eigenvalue weighted by atomic mass is 79.9. The van der Waals surface area contributed by atoms with E-state index in [-0.39, 0.29) is 5.69 Å². The Labute approximate surface area is 193 Å². The van der Waals surface area contributed by atoms with Crippen LogP contribution in [0.1, 0.15) is 16.7 Å². The summed E-state index contributed by atoms with van der Waals surface area (Å²) in [6.45, 7) is 0.366. The number of nitro groups is 1. The maximum Gasteiger partial charge on any atom is 0.270 e. The first-order valence-electron chi connectivity index (χ1n) is 9.81. The van der Waals surface area contributed by atoms with Crippen molar-refractivity contribution in [2.45, 2.75) is 6.61 Å². The van der Waals surface area contributed by atoms with Crippen molar-refractivity contribution in [2.24, 2.45) is 0 Å². The number of halogens is 1. The van der Waals surface area contributed by atoms with Crippen molar-refractivity contribution in [2.75, 3.05) is 0 Å². The van der Waals surface area contributed by atoms with Gasteiger partial charge in [-0.3, -0.25) is 10.1 Å². The molecule has 0 heterocycles. The first-order chi connectivity index (χ1) is 15.5. The molecule has 0 saturated heterocycles. The number of fused-ring (bicyclic) bond motifs is 1. The molecular formula is C26H17BrN2O3. The minimum absolute atomic E-state index is 0.0618. The van der Waals surface area contributed by atoms with Gasteiger partial charge in [0.2, 0.25) is 0 Å². The van der Waals surface area contributed by atoms with E-state index in [0.717, 1.165) is 26.4 Å². The van der Waals surface area contributed by atoms with E-state index < -0.39 is 4.92 Å². The van der Waals surface area contributed by atoms with Gasteiger partial charge >= 0.3 is 0 Å². The zero-order valence-corrected chi connectivity index (χ0v) is 18.5. The molecule has 0 atom stereocenters. The molecular weight excluding hydrogens is 468 g/mol. The summed E-state index contributed by atoms with van der Waals surface area (Å²) in [7, 11) is 0. The van der Waals surface area contributed by atoms with Gasteiger partial charge in [-0.25, -0.2) is 0 Å². The number of benzene rings is 4. The van der Waals surface area contributed by atoms with Gasteiger partial charge in [-0.1, -0.05) is 70.5 Å². The molecule has 0 aliphatic heterocycles. The van der Waals surface area contributed by atoms with Gasteiger partial charge in [-0.05, 0) is 46.2 Å². The van der Waals surface area contributed by atoms with Crippen LogP contribution in [0.2, 0.25) is 0 Å². The number of nitriles is 1. The lowest BCUT2D eigenvalue weighted by Gasteiger charge is -2.13. The smallest absolute Gasteiger partial charge is 0.270 e. The fraction of sp³-hybridized carbons (Fsp3) is 0.0385. The predicted octanol–water partition coefficient (Wildman–Crippen LogP) is 7.15. The average molecular weight is 485 g/mol. The van der Waals surface area contributed by atoms with Gasteiger partial charge in [0, 0.05) is 22.2 Å². The van der Waals surface area contributed by atoms with Crippen LogP contribution in [-0.2, 0) is 6.61 Å². The molecule has 4 rings (SSSR count). The van der Waals surface area contributed by atoms with Gasteiger partial charge in [0.05, 0.1) is 16.6 Å². The van der Waals surface area contributed by atoms with E-state index in [0.29, 0.717) is 23.5 Å². The molecule has 0 amide bonds. The summed E-state index contributed by atoms with van der Waals surface area (Å²) in [5.74, 6) is 0.629. The van der Waals surface area contributed by atoms with Crippen LogP contribution in [0.3, 0.4) is 0 Å². The molecule has 32 heavy (non-hydrogen) atoms. The van der Waals surface area contributed by atoms with Crippen LogP contribution >= 0.6 is 15.9 Å². The lowest BCUT2D eigenvalue weighted by atomic mass is 9.98. The Morgan fingerprint density at radius 2 is 1.81 bits per heavy atom. The average Bonchev–Trinajstić information content (AvgIpc) is 2.82. The lowest BCUT2D eigenvalue weighted by Crippen LogP contribution is -1.98. The number of rotatable bonds is 6. The lowest BCUT2D eigenvalue weighted by molar-refractivity contribution is -0.384.